The largest absolute Gasteiger partial charge is 0.354 e. The van der Waals surface area contributed by atoms with E-state index in [9.17, 15) is 9.18 Å². The average Bonchev–Trinajstić information content (AvgIpc) is 2.56. The lowest BCUT2D eigenvalue weighted by Crippen LogP contribution is -2.45. The highest BCUT2D eigenvalue weighted by atomic mass is 32.2. The average molecular weight is 309 g/mol. The standard InChI is InChI=1S/C15H20FN3OS/c16-13-2-1-5-17-14(13)18-6-3-12(4-7-18)15(20)19-8-10-21-11-9-19/h1-2,5,12H,3-4,6-11H2. The summed E-state index contributed by atoms with van der Waals surface area (Å²) in [7, 11) is 0. The number of aromatic nitrogens is 1. The summed E-state index contributed by atoms with van der Waals surface area (Å²) in [5, 5.41) is 0. The van der Waals surface area contributed by atoms with Crippen molar-refractivity contribution in [1.82, 2.24) is 9.88 Å². The van der Waals surface area contributed by atoms with Crippen LogP contribution in [0.4, 0.5) is 10.2 Å². The van der Waals surface area contributed by atoms with Crippen LogP contribution in [-0.2, 0) is 4.79 Å². The van der Waals surface area contributed by atoms with Crippen LogP contribution in [0.15, 0.2) is 18.3 Å². The van der Waals surface area contributed by atoms with Crippen LogP contribution in [0, 0.1) is 11.7 Å². The summed E-state index contributed by atoms with van der Waals surface area (Å²) in [6.45, 7) is 3.15. The molecule has 2 fully saturated rings. The van der Waals surface area contributed by atoms with Crippen molar-refractivity contribution in [2.24, 2.45) is 5.92 Å². The maximum atomic E-state index is 13.7. The number of rotatable bonds is 2. The first-order chi connectivity index (χ1) is 10.3. The third-order valence-corrected chi connectivity index (χ3v) is 5.15. The van der Waals surface area contributed by atoms with E-state index in [0.717, 1.165) is 37.4 Å². The molecule has 6 heteroatoms. The lowest BCUT2D eigenvalue weighted by atomic mass is 9.95. The fraction of sp³-hybridized carbons (Fsp3) is 0.600. The number of pyridine rings is 1. The number of thioether (sulfide) groups is 1. The zero-order valence-corrected chi connectivity index (χ0v) is 12.8. The lowest BCUT2D eigenvalue weighted by molar-refractivity contribution is -0.135. The summed E-state index contributed by atoms with van der Waals surface area (Å²) in [5.74, 6) is 2.61. The Balaban J connectivity index is 1.57. The molecule has 21 heavy (non-hydrogen) atoms. The Labute approximate surface area is 128 Å². The number of piperidine rings is 1. The van der Waals surface area contributed by atoms with E-state index < -0.39 is 0 Å². The molecule has 1 aromatic rings. The van der Waals surface area contributed by atoms with Gasteiger partial charge in [-0.2, -0.15) is 11.8 Å². The number of carbonyl (C=O) groups excluding carboxylic acids is 1. The van der Waals surface area contributed by atoms with E-state index in [2.05, 4.69) is 4.98 Å². The van der Waals surface area contributed by atoms with Gasteiger partial charge in [0.25, 0.3) is 0 Å². The molecule has 0 atom stereocenters. The number of amides is 1. The van der Waals surface area contributed by atoms with E-state index in [1.807, 2.05) is 21.6 Å². The second-order valence-corrected chi connectivity index (χ2v) is 6.73. The molecule has 0 aliphatic carbocycles. The number of hydrogen-bond donors (Lipinski definition) is 0. The molecule has 2 saturated heterocycles. The summed E-state index contributed by atoms with van der Waals surface area (Å²) in [4.78, 5) is 20.5. The topological polar surface area (TPSA) is 36.4 Å². The van der Waals surface area contributed by atoms with E-state index in [1.165, 1.54) is 6.07 Å². The Morgan fingerprint density at radius 3 is 2.62 bits per heavy atom. The third-order valence-electron chi connectivity index (χ3n) is 4.21. The number of hydrogen-bond acceptors (Lipinski definition) is 4. The highest BCUT2D eigenvalue weighted by Gasteiger charge is 2.30. The van der Waals surface area contributed by atoms with Crippen LogP contribution in [-0.4, -0.2) is 53.5 Å². The van der Waals surface area contributed by atoms with Crippen molar-refractivity contribution in [2.45, 2.75) is 12.8 Å². The molecule has 0 N–H and O–H groups in total. The van der Waals surface area contributed by atoms with Gasteiger partial charge in [-0.1, -0.05) is 0 Å². The molecule has 0 radical (unpaired) electrons. The minimum atomic E-state index is -0.282. The molecule has 4 nitrogen and oxygen atoms in total. The van der Waals surface area contributed by atoms with Gasteiger partial charge in [-0.05, 0) is 25.0 Å². The molecule has 0 unspecified atom stereocenters. The molecular formula is C15H20FN3OS. The summed E-state index contributed by atoms with van der Waals surface area (Å²) < 4.78 is 13.7. The first kappa shape index (κ1) is 14.6. The molecule has 1 amide bonds. The van der Waals surface area contributed by atoms with E-state index in [-0.39, 0.29) is 17.6 Å². The fourth-order valence-electron chi connectivity index (χ4n) is 2.99. The number of nitrogens with zero attached hydrogens (tertiary/aromatic N) is 3. The van der Waals surface area contributed by atoms with Gasteiger partial charge in [0.05, 0.1) is 0 Å². The molecule has 3 heterocycles. The van der Waals surface area contributed by atoms with Crippen LogP contribution in [0.1, 0.15) is 12.8 Å². The Morgan fingerprint density at radius 1 is 1.24 bits per heavy atom. The van der Waals surface area contributed by atoms with E-state index in [1.54, 1.807) is 12.3 Å². The molecule has 1 aromatic heterocycles. The first-order valence-electron chi connectivity index (χ1n) is 7.47. The molecule has 2 aliphatic heterocycles. The highest BCUT2D eigenvalue weighted by molar-refractivity contribution is 7.99. The molecule has 0 bridgehead atoms. The summed E-state index contributed by atoms with van der Waals surface area (Å²) in [5.41, 5.74) is 0. The zero-order valence-electron chi connectivity index (χ0n) is 12.0. The smallest absolute Gasteiger partial charge is 0.225 e. The first-order valence-corrected chi connectivity index (χ1v) is 8.63. The van der Waals surface area contributed by atoms with Gasteiger partial charge in [0.1, 0.15) is 0 Å². The highest BCUT2D eigenvalue weighted by Crippen LogP contribution is 2.25. The predicted molar refractivity (Wildman–Crippen MR) is 83.0 cm³/mol. The fourth-order valence-corrected chi connectivity index (χ4v) is 3.89. The molecule has 3 rings (SSSR count). The minimum absolute atomic E-state index is 0.0936. The van der Waals surface area contributed by atoms with Gasteiger partial charge in [0.2, 0.25) is 5.91 Å². The van der Waals surface area contributed by atoms with Crippen LogP contribution >= 0.6 is 11.8 Å². The SMILES string of the molecule is O=C(C1CCN(c2ncccc2F)CC1)N1CCSCC1. The van der Waals surface area contributed by atoms with Gasteiger partial charge >= 0.3 is 0 Å². The van der Waals surface area contributed by atoms with Crippen LogP contribution in [0.3, 0.4) is 0 Å². The predicted octanol–water partition coefficient (Wildman–Crippen LogP) is 2.01. The van der Waals surface area contributed by atoms with Gasteiger partial charge in [0.15, 0.2) is 11.6 Å². The van der Waals surface area contributed by atoms with Gasteiger partial charge in [0, 0.05) is 49.8 Å². The van der Waals surface area contributed by atoms with Gasteiger partial charge in [-0.15, -0.1) is 0 Å². The molecule has 0 aromatic carbocycles. The van der Waals surface area contributed by atoms with Gasteiger partial charge < -0.3 is 9.80 Å². The normalized spacial score (nSPS) is 20.6. The number of halogens is 1. The Kier molecular flexibility index (Phi) is 4.63. The van der Waals surface area contributed by atoms with Gasteiger partial charge in [-0.25, -0.2) is 9.37 Å². The van der Waals surface area contributed by atoms with Crippen molar-refractivity contribution >= 4 is 23.5 Å². The Morgan fingerprint density at radius 2 is 1.95 bits per heavy atom. The molecule has 2 aliphatic rings. The second kappa shape index (κ2) is 6.64. The number of carbonyl (C=O) groups is 1. The van der Waals surface area contributed by atoms with Crippen LogP contribution in [0.2, 0.25) is 0 Å². The minimum Gasteiger partial charge on any atom is -0.354 e. The van der Waals surface area contributed by atoms with Crippen LogP contribution in [0.25, 0.3) is 0 Å². The summed E-state index contributed by atoms with van der Waals surface area (Å²) in [6, 6.07) is 3.04. The van der Waals surface area contributed by atoms with Crippen molar-refractivity contribution < 1.29 is 9.18 Å². The van der Waals surface area contributed by atoms with Crippen molar-refractivity contribution in [2.75, 3.05) is 42.6 Å². The summed E-state index contributed by atoms with van der Waals surface area (Å²) >= 11 is 1.91. The van der Waals surface area contributed by atoms with Crippen LogP contribution < -0.4 is 4.90 Å². The zero-order chi connectivity index (χ0) is 14.7. The summed E-state index contributed by atoms with van der Waals surface area (Å²) in [6.07, 6.45) is 3.19. The van der Waals surface area contributed by atoms with Crippen molar-refractivity contribution in [3.8, 4) is 0 Å². The molecule has 114 valence electrons. The van der Waals surface area contributed by atoms with E-state index in [0.29, 0.717) is 18.9 Å². The quantitative estimate of drug-likeness (QED) is 0.837. The molecule has 0 spiro atoms. The maximum Gasteiger partial charge on any atom is 0.225 e. The third kappa shape index (κ3) is 3.31. The monoisotopic (exact) mass is 309 g/mol. The lowest BCUT2D eigenvalue weighted by Gasteiger charge is -2.36. The van der Waals surface area contributed by atoms with Crippen molar-refractivity contribution in [3.05, 3.63) is 24.1 Å². The van der Waals surface area contributed by atoms with Crippen molar-refractivity contribution in [1.29, 1.82) is 0 Å². The molecule has 0 saturated carbocycles. The Bertz CT molecular complexity index is 499. The Hall–Kier alpha value is -1.30. The number of anilines is 1. The van der Waals surface area contributed by atoms with E-state index >= 15 is 0 Å². The van der Waals surface area contributed by atoms with Gasteiger partial charge in [-0.3, -0.25) is 4.79 Å². The van der Waals surface area contributed by atoms with E-state index in [4.69, 9.17) is 0 Å². The molecular weight excluding hydrogens is 289 g/mol. The second-order valence-electron chi connectivity index (χ2n) is 5.51. The van der Waals surface area contributed by atoms with Crippen molar-refractivity contribution in [3.63, 3.8) is 0 Å². The maximum absolute atomic E-state index is 13.7. The van der Waals surface area contributed by atoms with Crippen LogP contribution in [0.5, 0.6) is 0 Å².